The van der Waals surface area contributed by atoms with Gasteiger partial charge >= 0.3 is 5.97 Å². The SMILES string of the molecule is COc1cc(C=CC(=O)OCc2c(Cl)cccc2Cl)cc(Cl)c1OC. The molecule has 0 saturated heterocycles. The van der Waals surface area contributed by atoms with Crippen LogP contribution in [0, 0.1) is 0 Å². The minimum Gasteiger partial charge on any atom is -0.493 e. The van der Waals surface area contributed by atoms with E-state index in [1.807, 2.05) is 0 Å². The van der Waals surface area contributed by atoms with Crippen LogP contribution in [0.25, 0.3) is 6.08 Å². The van der Waals surface area contributed by atoms with Gasteiger partial charge in [0.25, 0.3) is 0 Å². The summed E-state index contributed by atoms with van der Waals surface area (Å²) in [6.07, 6.45) is 2.84. The normalized spacial score (nSPS) is 10.8. The van der Waals surface area contributed by atoms with Crippen molar-refractivity contribution in [3.05, 3.63) is 62.6 Å². The summed E-state index contributed by atoms with van der Waals surface area (Å²) in [4.78, 5) is 11.9. The van der Waals surface area contributed by atoms with E-state index in [1.54, 1.807) is 36.4 Å². The molecule has 0 N–H and O–H groups in total. The molecule has 25 heavy (non-hydrogen) atoms. The summed E-state index contributed by atoms with van der Waals surface area (Å²) in [5.41, 5.74) is 1.22. The van der Waals surface area contributed by atoms with Crippen LogP contribution in [-0.2, 0) is 16.1 Å². The van der Waals surface area contributed by atoms with E-state index in [0.29, 0.717) is 37.7 Å². The van der Waals surface area contributed by atoms with Crippen molar-refractivity contribution in [3.8, 4) is 11.5 Å². The number of esters is 1. The van der Waals surface area contributed by atoms with Crippen molar-refractivity contribution in [2.75, 3.05) is 14.2 Å². The number of ether oxygens (including phenoxy) is 3. The third-order valence-electron chi connectivity index (χ3n) is 3.29. The monoisotopic (exact) mass is 400 g/mol. The van der Waals surface area contributed by atoms with E-state index in [4.69, 9.17) is 49.0 Å². The molecule has 0 aliphatic heterocycles. The lowest BCUT2D eigenvalue weighted by atomic mass is 10.2. The Morgan fingerprint density at radius 2 is 1.72 bits per heavy atom. The summed E-state index contributed by atoms with van der Waals surface area (Å²) in [6, 6.07) is 8.42. The topological polar surface area (TPSA) is 44.8 Å². The van der Waals surface area contributed by atoms with Gasteiger partial charge in [0.1, 0.15) is 6.61 Å². The summed E-state index contributed by atoms with van der Waals surface area (Å²) < 4.78 is 15.5. The molecule has 0 fully saturated rings. The first kappa shape index (κ1) is 19.4. The molecule has 0 amide bonds. The number of halogens is 3. The largest absolute Gasteiger partial charge is 0.493 e. The van der Waals surface area contributed by atoms with E-state index in [1.165, 1.54) is 20.3 Å². The molecule has 0 bridgehead atoms. The summed E-state index contributed by atoms with van der Waals surface area (Å²) in [7, 11) is 3.00. The highest BCUT2D eigenvalue weighted by Gasteiger charge is 2.10. The molecule has 2 aromatic carbocycles. The van der Waals surface area contributed by atoms with Gasteiger partial charge in [-0.3, -0.25) is 0 Å². The van der Waals surface area contributed by atoms with Crippen molar-refractivity contribution in [2.45, 2.75) is 6.61 Å². The molecule has 0 radical (unpaired) electrons. The van der Waals surface area contributed by atoms with Gasteiger partial charge in [0.05, 0.1) is 19.2 Å². The summed E-state index contributed by atoms with van der Waals surface area (Å²) >= 11 is 18.2. The fraction of sp³-hybridized carbons (Fsp3) is 0.167. The molecular formula is C18H15Cl3O4. The zero-order chi connectivity index (χ0) is 18.4. The van der Waals surface area contributed by atoms with Gasteiger partial charge in [-0.15, -0.1) is 0 Å². The fourth-order valence-electron chi connectivity index (χ4n) is 2.06. The first-order valence-corrected chi connectivity index (χ1v) is 8.29. The van der Waals surface area contributed by atoms with Gasteiger partial charge in [-0.2, -0.15) is 0 Å². The number of hydrogen-bond acceptors (Lipinski definition) is 4. The summed E-state index contributed by atoms with van der Waals surface area (Å²) in [6.45, 7) is -0.0195. The van der Waals surface area contributed by atoms with Crippen LogP contribution in [0.5, 0.6) is 11.5 Å². The summed E-state index contributed by atoms with van der Waals surface area (Å²) in [5.74, 6) is 0.352. The smallest absolute Gasteiger partial charge is 0.331 e. The van der Waals surface area contributed by atoms with Crippen LogP contribution in [0.1, 0.15) is 11.1 Å². The average molecular weight is 402 g/mol. The Kier molecular flexibility index (Phi) is 7.00. The first-order valence-electron chi connectivity index (χ1n) is 7.15. The van der Waals surface area contributed by atoms with Crippen LogP contribution in [0.3, 0.4) is 0 Å². The van der Waals surface area contributed by atoms with Crippen LogP contribution >= 0.6 is 34.8 Å². The maximum atomic E-state index is 11.9. The third-order valence-corrected chi connectivity index (χ3v) is 4.28. The highest BCUT2D eigenvalue weighted by atomic mass is 35.5. The van der Waals surface area contributed by atoms with Gasteiger partial charge in [0, 0.05) is 21.7 Å². The standard InChI is InChI=1S/C18H15Cl3O4/c1-23-16-9-11(8-15(21)18(16)24-2)6-7-17(22)25-10-12-13(19)4-3-5-14(12)20/h3-9H,10H2,1-2H3. The van der Waals surface area contributed by atoms with Crippen LogP contribution in [0.15, 0.2) is 36.4 Å². The van der Waals surface area contributed by atoms with Crippen molar-refractivity contribution in [1.29, 1.82) is 0 Å². The Balaban J connectivity index is 2.07. The molecule has 132 valence electrons. The zero-order valence-electron chi connectivity index (χ0n) is 13.5. The van der Waals surface area contributed by atoms with E-state index in [0.717, 1.165) is 0 Å². The van der Waals surface area contributed by atoms with E-state index in [9.17, 15) is 4.79 Å². The van der Waals surface area contributed by atoms with E-state index < -0.39 is 5.97 Å². The third kappa shape index (κ3) is 5.05. The number of carbonyl (C=O) groups excluding carboxylic acids is 1. The number of carbonyl (C=O) groups is 1. The molecule has 4 nitrogen and oxygen atoms in total. The lowest BCUT2D eigenvalue weighted by Gasteiger charge is -2.10. The minimum absolute atomic E-state index is 0.0195. The Morgan fingerprint density at radius 1 is 1.04 bits per heavy atom. The van der Waals surface area contributed by atoms with Crippen molar-refractivity contribution in [2.24, 2.45) is 0 Å². The molecule has 7 heteroatoms. The fourth-order valence-corrected chi connectivity index (χ4v) is 2.86. The Bertz CT molecular complexity index is 783. The first-order chi connectivity index (χ1) is 12.0. The van der Waals surface area contributed by atoms with Gasteiger partial charge in [0.15, 0.2) is 11.5 Å². The van der Waals surface area contributed by atoms with Crippen molar-refractivity contribution in [1.82, 2.24) is 0 Å². The molecule has 0 spiro atoms. The maximum absolute atomic E-state index is 11.9. The number of rotatable bonds is 6. The van der Waals surface area contributed by atoms with Gasteiger partial charge in [-0.1, -0.05) is 40.9 Å². The lowest BCUT2D eigenvalue weighted by molar-refractivity contribution is -0.138. The van der Waals surface area contributed by atoms with Crippen LogP contribution in [0.4, 0.5) is 0 Å². The molecule has 0 unspecified atom stereocenters. The van der Waals surface area contributed by atoms with E-state index >= 15 is 0 Å². The van der Waals surface area contributed by atoms with Crippen molar-refractivity contribution in [3.63, 3.8) is 0 Å². The molecule has 2 aromatic rings. The predicted molar refractivity (Wildman–Crippen MR) is 99.8 cm³/mol. The highest BCUT2D eigenvalue weighted by Crippen LogP contribution is 2.36. The Labute approximate surface area is 160 Å². The minimum atomic E-state index is -0.540. The van der Waals surface area contributed by atoms with E-state index in [2.05, 4.69) is 0 Å². The predicted octanol–water partition coefficient (Wildman–Crippen LogP) is 5.42. The zero-order valence-corrected chi connectivity index (χ0v) is 15.8. The maximum Gasteiger partial charge on any atom is 0.331 e. The Hall–Kier alpha value is -1.88. The molecule has 0 aromatic heterocycles. The van der Waals surface area contributed by atoms with Crippen molar-refractivity contribution >= 4 is 46.8 Å². The van der Waals surface area contributed by atoms with E-state index in [-0.39, 0.29) is 6.61 Å². The summed E-state index contributed by atoms with van der Waals surface area (Å²) in [5, 5.41) is 1.25. The van der Waals surface area contributed by atoms with Gasteiger partial charge < -0.3 is 14.2 Å². The number of methoxy groups -OCH3 is 2. The quantitative estimate of drug-likeness (QED) is 0.479. The second-order valence-corrected chi connectivity index (χ2v) is 6.10. The van der Waals surface area contributed by atoms with Gasteiger partial charge in [-0.05, 0) is 35.9 Å². The molecule has 0 saturated carbocycles. The molecule has 2 rings (SSSR count). The highest BCUT2D eigenvalue weighted by molar-refractivity contribution is 6.36. The van der Waals surface area contributed by atoms with Crippen molar-refractivity contribution < 1.29 is 19.0 Å². The van der Waals surface area contributed by atoms with Gasteiger partial charge in [-0.25, -0.2) is 4.79 Å². The Morgan fingerprint density at radius 3 is 2.32 bits per heavy atom. The van der Waals surface area contributed by atoms with Gasteiger partial charge in [0.2, 0.25) is 0 Å². The molecule has 0 heterocycles. The second-order valence-electron chi connectivity index (χ2n) is 4.88. The molecule has 0 aliphatic rings. The molecule has 0 aliphatic carbocycles. The van der Waals surface area contributed by atoms with Crippen LogP contribution in [0.2, 0.25) is 15.1 Å². The number of benzene rings is 2. The number of hydrogen-bond donors (Lipinski definition) is 0. The second kappa shape index (κ2) is 8.99. The molecular weight excluding hydrogens is 387 g/mol. The lowest BCUT2D eigenvalue weighted by Crippen LogP contribution is -2.01. The van der Waals surface area contributed by atoms with Crippen LogP contribution in [-0.4, -0.2) is 20.2 Å². The van der Waals surface area contributed by atoms with Crippen LogP contribution < -0.4 is 9.47 Å². The molecule has 0 atom stereocenters. The average Bonchev–Trinajstić information content (AvgIpc) is 2.59.